The van der Waals surface area contributed by atoms with Gasteiger partial charge in [-0.2, -0.15) is 5.26 Å². The molecule has 7 heteroatoms. The van der Waals surface area contributed by atoms with Gasteiger partial charge in [0.25, 0.3) is 5.69 Å². The van der Waals surface area contributed by atoms with E-state index < -0.39 is 4.92 Å². The number of carbonyl (C=O) groups excluding carboxylic acids is 1. The highest BCUT2D eigenvalue weighted by Crippen LogP contribution is 2.24. The summed E-state index contributed by atoms with van der Waals surface area (Å²) in [6.07, 6.45) is 0.822. The molecule has 0 radical (unpaired) electrons. The van der Waals surface area contributed by atoms with Gasteiger partial charge in [-0.05, 0) is 18.6 Å². The van der Waals surface area contributed by atoms with Crippen LogP contribution in [0.2, 0.25) is 0 Å². The zero-order valence-corrected chi connectivity index (χ0v) is 10.5. The predicted octanol–water partition coefficient (Wildman–Crippen LogP) is 1.40. The smallest absolute Gasteiger partial charge is 0.293 e. The molecule has 7 nitrogen and oxygen atoms in total. The largest absolute Gasteiger partial charge is 0.371 e. The molecule has 19 heavy (non-hydrogen) atoms. The van der Waals surface area contributed by atoms with Gasteiger partial charge >= 0.3 is 0 Å². The van der Waals surface area contributed by atoms with Gasteiger partial charge in [0, 0.05) is 12.6 Å². The molecule has 0 atom stereocenters. The van der Waals surface area contributed by atoms with Gasteiger partial charge < -0.3 is 10.6 Å². The van der Waals surface area contributed by atoms with E-state index in [1.54, 1.807) is 0 Å². The fraction of sp³-hybridized carbons (Fsp3) is 0.333. The molecule has 100 valence electrons. The van der Waals surface area contributed by atoms with Crippen molar-refractivity contribution in [2.75, 3.05) is 18.4 Å². The molecule has 1 aromatic carbocycles. The third-order valence-electron chi connectivity index (χ3n) is 2.34. The number of hydrogen-bond acceptors (Lipinski definition) is 5. The summed E-state index contributed by atoms with van der Waals surface area (Å²) >= 11 is 0. The van der Waals surface area contributed by atoms with E-state index in [0.717, 1.165) is 6.42 Å². The van der Waals surface area contributed by atoms with Gasteiger partial charge in [0.1, 0.15) is 5.69 Å². The summed E-state index contributed by atoms with van der Waals surface area (Å²) < 4.78 is 0. The number of nitriles is 1. The second-order valence-electron chi connectivity index (χ2n) is 3.80. The summed E-state index contributed by atoms with van der Waals surface area (Å²) in [6.45, 7) is 2.45. The van der Waals surface area contributed by atoms with Gasteiger partial charge in [-0.3, -0.25) is 14.9 Å². The van der Waals surface area contributed by atoms with Gasteiger partial charge in [-0.25, -0.2) is 0 Å². The molecule has 0 aromatic heterocycles. The molecule has 2 N–H and O–H groups in total. The Labute approximate surface area is 110 Å². The van der Waals surface area contributed by atoms with Crippen LogP contribution in [0.1, 0.15) is 18.9 Å². The van der Waals surface area contributed by atoms with Crippen molar-refractivity contribution in [2.24, 2.45) is 0 Å². The Bertz CT molecular complexity index is 522. The van der Waals surface area contributed by atoms with Crippen LogP contribution in [0.4, 0.5) is 11.4 Å². The Morgan fingerprint density at radius 2 is 2.26 bits per heavy atom. The molecule has 0 bridgehead atoms. The molecule has 0 aliphatic carbocycles. The molecule has 0 saturated carbocycles. The SMILES string of the molecule is CCCNC(=O)CNc1ccc(C#N)cc1[N+](=O)[O-]. The van der Waals surface area contributed by atoms with Crippen molar-refractivity contribution in [1.82, 2.24) is 5.32 Å². The zero-order chi connectivity index (χ0) is 14.3. The van der Waals surface area contributed by atoms with Crippen LogP contribution < -0.4 is 10.6 Å². The highest BCUT2D eigenvalue weighted by atomic mass is 16.6. The first kappa shape index (κ1) is 14.4. The molecule has 0 aliphatic heterocycles. The van der Waals surface area contributed by atoms with Crippen LogP contribution in [0.25, 0.3) is 0 Å². The van der Waals surface area contributed by atoms with Crippen LogP contribution >= 0.6 is 0 Å². The van der Waals surface area contributed by atoms with Gasteiger partial charge in [0.05, 0.1) is 23.1 Å². The number of benzene rings is 1. The lowest BCUT2D eigenvalue weighted by atomic mass is 10.2. The third-order valence-corrected chi connectivity index (χ3v) is 2.34. The summed E-state index contributed by atoms with van der Waals surface area (Å²) in [4.78, 5) is 21.7. The van der Waals surface area contributed by atoms with Crippen molar-refractivity contribution in [2.45, 2.75) is 13.3 Å². The van der Waals surface area contributed by atoms with E-state index >= 15 is 0 Å². The summed E-state index contributed by atoms with van der Waals surface area (Å²) in [5.41, 5.74) is 0.200. The van der Waals surface area contributed by atoms with E-state index in [9.17, 15) is 14.9 Å². The maximum absolute atomic E-state index is 11.4. The minimum Gasteiger partial charge on any atom is -0.371 e. The minimum atomic E-state index is -0.590. The highest BCUT2D eigenvalue weighted by Gasteiger charge is 2.15. The second kappa shape index (κ2) is 6.96. The molecular formula is C12H14N4O3. The van der Waals surface area contributed by atoms with E-state index in [-0.39, 0.29) is 29.4 Å². The molecule has 0 unspecified atom stereocenters. The summed E-state index contributed by atoms with van der Waals surface area (Å²) in [5.74, 6) is -0.236. The normalized spacial score (nSPS) is 9.47. The van der Waals surface area contributed by atoms with Crippen molar-refractivity contribution in [3.63, 3.8) is 0 Å². The number of nitro benzene ring substituents is 1. The summed E-state index contributed by atoms with van der Waals surface area (Å²) in [5, 5.41) is 24.9. The Kier molecular flexibility index (Phi) is 5.29. The minimum absolute atomic E-state index is 0.0489. The van der Waals surface area contributed by atoms with E-state index in [4.69, 9.17) is 5.26 Å². The van der Waals surface area contributed by atoms with E-state index in [1.165, 1.54) is 18.2 Å². The van der Waals surface area contributed by atoms with Crippen LogP contribution in [-0.2, 0) is 4.79 Å². The number of nitrogens with one attached hydrogen (secondary N) is 2. The van der Waals surface area contributed by atoms with Crippen LogP contribution in [0.3, 0.4) is 0 Å². The van der Waals surface area contributed by atoms with Crippen molar-refractivity contribution >= 4 is 17.3 Å². The van der Waals surface area contributed by atoms with Gasteiger partial charge in [0.15, 0.2) is 0 Å². The molecule has 1 rings (SSSR count). The monoisotopic (exact) mass is 262 g/mol. The number of hydrogen-bond donors (Lipinski definition) is 2. The quantitative estimate of drug-likeness (QED) is 0.595. The van der Waals surface area contributed by atoms with Gasteiger partial charge in [-0.1, -0.05) is 6.92 Å². The van der Waals surface area contributed by atoms with Crippen molar-refractivity contribution in [3.05, 3.63) is 33.9 Å². The van der Waals surface area contributed by atoms with Crippen LogP contribution in [0.15, 0.2) is 18.2 Å². The number of carbonyl (C=O) groups is 1. The van der Waals surface area contributed by atoms with E-state index in [0.29, 0.717) is 6.54 Å². The fourth-order valence-electron chi connectivity index (χ4n) is 1.40. The molecule has 1 aromatic rings. The van der Waals surface area contributed by atoms with E-state index in [1.807, 2.05) is 13.0 Å². The molecular weight excluding hydrogens is 248 g/mol. The van der Waals surface area contributed by atoms with Gasteiger partial charge in [-0.15, -0.1) is 0 Å². The maximum atomic E-state index is 11.4. The molecule has 0 heterocycles. The molecule has 0 saturated heterocycles. The molecule has 0 fully saturated rings. The lowest BCUT2D eigenvalue weighted by Crippen LogP contribution is -2.30. The van der Waals surface area contributed by atoms with Gasteiger partial charge in [0.2, 0.25) is 5.91 Å². The van der Waals surface area contributed by atoms with Crippen molar-refractivity contribution in [1.29, 1.82) is 5.26 Å². The third kappa shape index (κ3) is 4.27. The summed E-state index contributed by atoms with van der Waals surface area (Å²) in [7, 11) is 0. The number of anilines is 1. The van der Waals surface area contributed by atoms with Crippen LogP contribution in [-0.4, -0.2) is 23.9 Å². The van der Waals surface area contributed by atoms with Crippen LogP contribution in [0, 0.1) is 21.4 Å². The van der Waals surface area contributed by atoms with Crippen molar-refractivity contribution < 1.29 is 9.72 Å². The maximum Gasteiger partial charge on any atom is 0.293 e. The number of nitro groups is 1. The number of nitrogens with zero attached hydrogens (tertiary/aromatic N) is 2. The predicted molar refractivity (Wildman–Crippen MR) is 69.6 cm³/mol. The second-order valence-corrected chi connectivity index (χ2v) is 3.80. The Hall–Kier alpha value is -2.62. The van der Waals surface area contributed by atoms with Crippen LogP contribution in [0.5, 0.6) is 0 Å². The zero-order valence-electron chi connectivity index (χ0n) is 10.5. The molecule has 0 aliphatic rings. The first-order valence-corrected chi connectivity index (χ1v) is 5.77. The molecule has 1 amide bonds. The van der Waals surface area contributed by atoms with E-state index in [2.05, 4.69) is 10.6 Å². The average Bonchev–Trinajstić information content (AvgIpc) is 2.42. The Morgan fingerprint density at radius 1 is 1.53 bits per heavy atom. The standard InChI is InChI=1S/C12H14N4O3/c1-2-5-14-12(17)8-15-10-4-3-9(7-13)6-11(10)16(18)19/h3-4,6,15H,2,5,8H2,1H3,(H,14,17). The Balaban J connectivity index is 2.76. The summed E-state index contributed by atoms with van der Waals surface area (Å²) in [6, 6.07) is 5.88. The lowest BCUT2D eigenvalue weighted by Gasteiger charge is -2.07. The highest BCUT2D eigenvalue weighted by molar-refractivity contribution is 5.81. The number of rotatable bonds is 6. The first-order chi connectivity index (χ1) is 9.08. The average molecular weight is 262 g/mol. The lowest BCUT2D eigenvalue weighted by molar-refractivity contribution is -0.384. The topological polar surface area (TPSA) is 108 Å². The first-order valence-electron chi connectivity index (χ1n) is 5.77. The fourth-order valence-corrected chi connectivity index (χ4v) is 1.40. The molecule has 0 spiro atoms. The van der Waals surface area contributed by atoms with Crippen molar-refractivity contribution in [3.8, 4) is 6.07 Å². The Morgan fingerprint density at radius 3 is 2.84 bits per heavy atom. The number of amides is 1.